The summed E-state index contributed by atoms with van der Waals surface area (Å²) in [6.45, 7) is 5.34. The molecule has 8 nitrogen and oxygen atoms in total. The summed E-state index contributed by atoms with van der Waals surface area (Å²) in [5.41, 5.74) is 2.37. The number of carbonyl (C=O) groups is 3. The first kappa shape index (κ1) is 21.8. The zero-order valence-corrected chi connectivity index (χ0v) is 17.7. The summed E-state index contributed by atoms with van der Waals surface area (Å²) in [6, 6.07) is 4.31. The number of furan rings is 1. The van der Waals surface area contributed by atoms with Gasteiger partial charge >= 0.3 is 5.97 Å². The van der Waals surface area contributed by atoms with Crippen LogP contribution in [0.25, 0.3) is 0 Å². The van der Waals surface area contributed by atoms with Gasteiger partial charge in [0, 0.05) is 43.8 Å². The van der Waals surface area contributed by atoms with Gasteiger partial charge in [0.25, 0.3) is 5.91 Å². The number of esters is 1. The van der Waals surface area contributed by atoms with Gasteiger partial charge in [-0.05, 0) is 51.3 Å². The molecule has 162 valence electrons. The Labute approximate surface area is 175 Å². The standard InChI is InChI=1S/C22H28N2O6/c1-15-13-17(16(2)23(15)10-6-11-28-3)19(25)14-30-22(27)18-7-4-9-24(18)21(26)20-8-5-12-29-20/h5,8,12-13,18H,4,6-7,9-11,14H2,1-3H3. The van der Waals surface area contributed by atoms with E-state index in [0.29, 0.717) is 31.6 Å². The normalized spacial score (nSPS) is 16.1. The van der Waals surface area contributed by atoms with Crippen molar-refractivity contribution >= 4 is 17.7 Å². The quantitative estimate of drug-likeness (QED) is 0.355. The Kier molecular flexibility index (Phi) is 7.10. The third-order valence-corrected chi connectivity index (χ3v) is 5.47. The van der Waals surface area contributed by atoms with Gasteiger partial charge in [0.1, 0.15) is 6.04 Å². The Morgan fingerprint density at radius 2 is 2.07 bits per heavy atom. The lowest BCUT2D eigenvalue weighted by Crippen LogP contribution is -2.41. The molecule has 1 saturated heterocycles. The largest absolute Gasteiger partial charge is 0.459 e. The molecule has 1 aliphatic rings. The van der Waals surface area contributed by atoms with Gasteiger partial charge in [0.05, 0.1) is 6.26 Å². The molecule has 1 atom stereocenters. The Hall–Kier alpha value is -2.87. The van der Waals surface area contributed by atoms with Crippen LogP contribution in [0.2, 0.25) is 0 Å². The van der Waals surface area contributed by atoms with Crippen LogP contribution in [0, 0.1) is 13.8 Å². The lowest BCUT2D eigenvalue weighted by molar-refractivity contribution is -0.147. The number of Topliss-reactive ketones (excluding diaryl/α,β-unsaturated/α-hetero) is 1. The molecule has 0 spiro atoms. The average Bonchev–Trinajstić information content (AvgIpc) is 3.48. The number of ether oxygens (including phenoxy) is 2. The minimum atomic E-state index is -0.697. The van der Waals surface area contributed by atoms with Gasteiger partial charge in [-0.3, -0.25) is 9.59 Å². The van der Waals surface area contributed by atoms with Crippen LogP contribution < -0.4 is 0 Å². The highest BCUT2D eigenvalue weighted by molar-refractivity contribution is 6.00. The monoisotopic (exact) mass is 416 g/mol. The third kappa shape index (κ3) is 4.64. The predicted octanol–water partition coefficient (Wildman–Crippen LogP) is 2.77. The van der Waals surface area contributed by atoms with E-state index in [1.165, 1.54) is 11.2 Å². The van der Waals surface area contributed by atoms with Gasteiger partial charge in [0.2, 0.25) is 5.78 Å². The Balaban J connectivity index is 1.60. The summed E-state index contributed by atoms with van der Waals surface area (Å²) in [7, 11) is 1.66. The highest BCUT2D eigenvalue weighted by Crippen LogP contribution is 2.22. The molecule has 0 aliphatic carbocycles. The Bertz CT molecular complexity index is 899. The van der Waals surface area contributed by atoms with Crippen LogP contribution in [-0.2, 0) is 20.8 Å². The molecule has 0 aromatic carbocycles. The lowest BCUT2D eigenvalue weighted by atomic mass is 10.1. The number of aromatic nitrogens is 1. The zero-order valence-electron chi connectivity index (χ0n) is 17.7. The fraction of sp³-hybridized carbons (Fsp3) is 0.500. The second kappa shape index (κ2) is 9.75. The van der Waals surface area contributed by atoms with Crippen molar-refractivity contribution in [1.82, 2.24) is 9.47 Å². The minimum Gasteiger partial charge on any atom is -0.459 e. The van der Waals surface area contributed by atoms with E-state index in [-0.39, 0.29) is 24.1 Å². The molecule has 8 heteroatoms. The van der Waals surface area contributed by atoms with Gasteiger partial charge in [0.15, 0.2) is 12.4 Å². The van der Waals surface area contributed by atoms with Gasteiger partial charge in [-0.25, -0.2) is 4.79 Å². The van der Waals surface area contributed by atoms with Crippen LogP contribution in [0.15, 0.2) is 28.9 Å². The first-order valence-electron chi connectivity index (χ1n) is 10.1. The first-order chi connectivity index (χ1) is 14.4. The molecular weight excluding hydrogens is 388 g/mol. The van der Waals surface area contributed by atoms with Crippen molar-refractivity contribution in [3.8, 4) is 0 Å². The molecule has 0 bridgehead atoms. The summed E-state index contributed by atoms with van der Waals surface area (Å²) in [4.78, 5) is 39.2. The van der Waals surface area contributed by atoms with E-state index in [1.807, 2.05) is 19.9 Å². The summed E-state index contributed by atoms with van der Waals surface area (Å²) in [5.74, 6) is -0.969. The first-order valence-corrected chi connectivity index (χ1v) is 10.1. The van der Waals surface area contributed by atoms with Crippen LogP contribution in [0.5, 0.6) is 0 Å². The number of hydrogen-bond donors (Lipinski definition) is 0. The fourth-order valence-electron chi connectivity index (χ4n) is 3.90. The van der Waals surface area contributed by atoms with E-state index in [1.54, 1.807) is 19.2 Å². The molecule has 1 aliphatic heterocycles. The van der Waals surface area contributed by atoms with Crippen LogP contribution in [0.1, 0.15) is 51.6 Å². The van der Waals surface area contributed by atoms with Crippen LogP contribution >= 0.6 is 0 Å². The molecule has 1 unspecified atom stereocenters. The van der Waals surface area contributed by atoms with Crippen molar-refractivity contribution in [2.45, 2.75) is 45.7 Å². The van der Waals surface area contributed by atoms with Crippen molar-refractivity contribution in [3.05, 3.63) is 47.2 Å². The van der Waals surface area contributed by atoms with Crippen molar-refractivity contribution < 1.29 is 28.3 Å². The van der Waals surface area contributed by atoms with Gasteiger partial charge in [-0.15, -0.1) is 0 Å². The van der Waals surface area contributed by atoms with Crippen LogP contribution in [0.3, 0.4) is 0 Å². The molecule has 3 heterocycles. The van der Waals surface area contributed by atoms with Crippen LogP contribution in [-0.4, -0.2) is 60.0 Å². The second-order valence-electron chi connectivity index (χ2n) is 7.45. The average molecular weight is 416 g/mol. The topological polar surface area (TPSA) is 91.0 Å². The number of likely N-dealkylation sites (tertiary alicyclic amines) is 1. The van der Waals surface area contributed by atoms with Crippen molar-refractivity contribution in [1.29, 1.82) is 0 Å². The Morgan fingerprint density at radius 1 is 1.27 bits per heavy atom. The number of methoxy groups -OCH3 is 1. The van der Waals surface area contributed by atoms with Crippen molar-refractivity contribution in [2.24, 2.45) is 0 Å². The number of rotatable bonds is 9. The number of carbonyl (C=O) groups excluding carboxylic acids is 3. The SMILES string of the molecule is COCCCn1c(C)cc(C(=O)COC(=O)C2CCCN2C(=O)c2ccco2)c1C. The van der Waals surface area contributed by atoms with Gasteiger partial charge in [-0.2, -0.15) is 0 Å². The van der Waals surface area contributed by atoms with Gasteiger partial charge in [-0.1, -0.05) is 0 Å². The number of nitrogens with zero attached hydrogens (tertiary/aromatic N) is 2. The van der Waals surface area contributed by atoms with Crippen LogP contribution in [0.4, 0.5) is 0 Å². The highest BCUT2D eigenvalue weighted by atomic mass is 16.5. The lowest BCUT2D eigenvalue weighted by Gasteiger charge is -2.22. The second-order valence-corrected chi connectivity index (χ2v) is 7.45. The Morgan fingerprint density at radius 3 is 2.77 bits per heavy atom. The summed E-state index contributed by atoms with van der Waals surface area (Å²) in [6.07, 6.45) is 3.47. The molecule has 0 radical (unpaired) electrons. The molecule has 1 amide bonds. The summed E-state index contributed by atoms with van der Waals surface area (Å²) >= 11 is 0. The molecular formula is C22H28N2O6. The summed E-state index contributed by atoms with van der Waals surface area (Å²) < 4.78 is 17.6. The maximum Gasteiger partial charge on any atom is 0.329 e. The van der Waals surface area contributed by atoms with E-state index in [9.17, 15) is 14.4 Å². The molecule has 30 heavy (non-hydrogen) atoms. The van der Waals surface area contributed by atoms with E-state index in [4.69, 9.17) is 13.9 Å². The predicted molar refractivity (Wildman–Crippen MR) is 108 cm³/mol. The highest BCUT2D eigenvalue weighted by Gasteiger charge is 2.37. The maximum atomic E-state index is 12.7. The van der Waals surface area contributed by atoms with E-state index >= 15 is 0 Å². The number of ketones is 1. The fourth-order valence-corrected chi connectivity index (χ4v) is 3.90. The zero-order chi connectivity index (χ0) is 21.7. The summed E-state index contributed by atoms with van der Waals surface area (Å²) in [5, 5.41) is 0. The van der Waals surface area contributed by atoms with Crippen molar-refractivity contribution in [3.63, 3.8) is 0 Å². The van der Waals surface area contributed by atoms with E-state index in [0.717, 1.165) is 24.4 Å². The number of amides is 1. The third-order valence-electron chi connectivity index (χ3n) is 5.47. The molecule has 3 rings (SSSR count). The maximum absolute atomic E-state index is 12.7. The number of hydrogen-bond acceptors (Lipinski definition) is 6. The molecule has 1 fully saturated rings. The smallest absolute Gasteiger partial charge is 0.329 e. The minimum absolute atomic E-state index is 0.187. The van der Waals surface area contributed by atoms with E-state index in [2.05, 4.69) is 4.57 Å². The van der Waals surface area contributed by atoms with E-state index < -0.39 is 12.0 Å². The number of aryl methyl sites for hydroxylation is 1. The molecule has 2 aromatic heterocycles. The molecule has 0 N–H and O–H groups in total. The molecule has 0 saturated carbocycles. The molecule has 2 aromatic rings. The van der Waals surface area contributed by atoms with Crippen molar-refractivity contribution in [2.75, 3.05) is 26.9 Å². The van der Waals surface area contributed by atoms with Gasteiger partial charge < -0.3 is 23.4 Å².